The third-order valence-electron chi connectivity index (χ3n) is 1.31. The Bertz CT molecular complexity index is 302. The molecule has 6 heteroatoms. The molecule has 13 heavy (non-hydrogen) atoms. The number of rotatable bonds is 4. The molecule has 0 unspecified atom stereocenters. The van der Waals surface area contributed by atoms with Crippen LogP contribution >= 0.6 is 0 Å². The Morgan fingerprint density at radius 2 is 2.46 bits per heavy atom. The Hall–Kier alpha value is -1.72. The summed E-state index contributed by atoms with van der Waals surface area (Å²) in [5.74, 6) is -0.851. The van der Waals surface area contributed by atoms with E-state index in [4.69, 9.17) is 5.11 Å². The molecule has 0 atom stereocenters. The van der Waals surface area contributed by atoms with Crippen LogP contribution in [0.1, 0.15) is 23.8 Å². The predicted octanol–water partition coefficient (Wildman–Crippen LogP) is 0.392. The number of hydrogen-bond donors (Lipinski definition) is 2. The maximum absolute atomic E-state index is 10.5. The van der Waals surface area contributed by atoms with E-state index in [0.29, 0.717) is 6.54 Å². The lowest BCUT2D eigenvalue weighted by molar-refractivity contribution is 0.0689. The quantitative estimate of drug-likeness (QED) is 0.700. The van der Waals surface area contributed by atoms with Gasteiger partial charge in [0.05, 0.1) is 6.20 Å². The number of carboxylic acids is 1. The van der Waals surface area contributed by atoms with Crippen LogP contribution in [-0.2, 0) is 0 Å². The SMILES string of the molecule is CCCNc1nncc(C(=O)O)n1. The van der Waals surface area contributed by atoms with Crippen molar-refractivity contribution in [2.75, 3.05) is 11.9 Å². The molecular formula is C7H10N4O2. The highest BCUT2D eigenvalue weighted by atomic mass is 16.4. The van der Waals surface area contributed by atoms with Gasteiger partial charge in [-0.2, -0.15) is 5.10 Å². The van der Waals surface area contributed by atoms with E-state index >= 15 is 0 Å². The lowest BCUT2D eigenvalue weighted by Crippen LogP contribution is -2.09. The largest absolute Gasteiger partial charge is 0.476 e. The molecule has 0 aromatic carbocycles. The van der Waals surface area contributed by atoms with Crippen molar-refractivity contribution in [2.24, 2.45) is 0 Å². The molecule has 70 valence electrons. The number of hydrogen-bond acceptors (Lipinski definition) is 5. The van der Waals surface area contributed by atoms with Gasteiger partial charge in [0, 0.05) is 6.54 Å². The summed E-state index contributed by atoms with van der Waals surface area (Å²) in [7, 11) is 0. The summed E-state index contributed by atoms with van der Waals surface area (Å²) < 4.78 is 0. The van der Waals surface area contributed by atoms with E-state index < -0.39 is 5.97 Å². The average Bonchev–Trinajstić information content (AvgIpc) is 2.15. The van der Waals surface area contributed by atoms with E-state index in [-0.39, 0.29) is 11.6 Å². The van der Waals surface area contributed by atoms with E-state index in [2.05, 4.69) is 20.5 Å². The minimum Gasteiger partial charge on any atom is -0.476 e. The minimum absolute atomic E-state index is 0.103. The van der Waals surface area contributed by atoms with Gasteiger partial charge in [0.1, 0.15) is 0 Å². The van der Waals surface area contributed by atoms with Gasteiger partial charge in [-0.05, 0) is 6.42 Å². The zero-order valence-electron chi connectivity index (χ0n) is 7.19. The van der Waals surface area contributed by atoms with Crippen molar-refractivity contribution >= 4 is 11.9 Å². The highest BCUT2D eigenvalue weighted by Crippen LogP contribution is 1.97. The summed E-state index contributed by atoms with van der Waals surface area (Å²) in [6.45, 7) is 2.69. The van der Waals surface area contributed by atoms with Gasteiger partial charge in [0.15, 0.2) is 5.69 Å². The topological polar surface area (TPSA) is 88.0 Å². The van der Waals surface area contributed by atoms with Gasteiger partial charge in [-0.1, -0.05) is 6.92 Å². The maximum atomic E-state index is 10.5. The molecule has 6 nitrogen and oxygen atoms in total. The first-order valence-electron chi connectivity index (χ1n) is 3.91. The van der Waals surface area contributed by atoms with Crippen LogP contribution < -0.4 is 5.32 Å². The first-order valence-corrected chi connectivity index (χ1v) is 3.91. The van der Waals surface area contributed by atoms with Gasteiger partial charge < -0.3 is 10.4 Å². The number of nitrogens with one attached hydrogen (secondary N) is 1. The average molecular weight is 182 g/mol. The minimum atomic E-state index is -1.10. The molecule has 0 aliphatic carbocycles. The molecule has 0 spiro atoms. The molecule has 0 amide bonds. The van der Waals surface area contributed by atoms with Crippen molar-refractivity contribution in [1.82, 2.24) is 15.2 Å². The molecular weight excluding hydrogens is 172 g/mol. The van der Waals surface area contributed by atoms with E-state index in [1.165, 1.54) is 0 Å². The summed E-state index contributed by atoms with van der Waals surface area (Å²) in [4.78, 5) is 14.2. The third kappa shape index (κ3) is 2.66. The number of aromatic carboxylic acids is 1. The highest BCUT2D eigenvalue weighted by molar-refractivity contribution is 5.85. The molecule has 0 saturated heterocycles. The monoisotopic (exact) mass is 182 g/mol. The normalized spacial score (nSPS) is 9.62. The van der Waals surface area contributed by atoms with Gasteiger partial charge in [-0.3, -0.25) is 0 Å². The molecule has 1 heterocycles. The zero-order valence-corrected chi connectivity index (χ0v) is 7.19. The van der Waals surface area contributed by atoms with Crippen LogP contribution in [0.4, 0.5) is 5.95 Å². The van der Waals surface area contributed by atoms with Crippen LogP contribution in [-0.4, -0.2) is 32.8 Å². The van der Waals surface area contributed by atoms with Crippen molar-refractivity contribution in [3.8, 4) is 0 Å². The third-order valence-corrected chi connectivity index (χ3v) is 1.31. The van der Waals surface area contributed by atoms with Crippen molar-refractivity contribution in [2.45, 2.75) is 13.3 Å². The summed E-state index contributed by atoms with van der Waals surface area (Å²) in [6.07, 6.45) is 2.03. The van der Waals surface area contributed by atoms with Crippen LogP contribution in [0.2, 0.25) is 0 Å². The first-order chi connectivity index (χ1) is 6.24. The van der Waals surface area contributed by atoms with E-state index in [9.17, 15) is 4.79 Å². The Morgan fingerprint density at radius 3 is 3.08 bits per heavy atom. The standard InChI is InChI=1S/C7H10N4O2/c1-2-3-8-7-10-5(6(12)13)4-9-11-7/h4H,2-3H2,1H3,(H,12,13)(H,8,10,11). The number of anilines is 1. The fraction of sp³-hybridized carbons (Fsp3) is 0.429. The second kappa shape index (κ2) is 4.34. The smallest absolute Gasteiger partial charge is 0.356 e. The van der Waals surface area contributed by atoms with Crippen molar-refractivity contribution in [3.63, 3.8) is 0 Å². The fourth-order valence-corrected chi connectivity index (χ4v) is 0.718. The Kier molecular flexibility index (Phi) is 3.13. The molecule has 1 aromatic heterocycles. The Balaban J connectivity index is 2.73. The summed E-state index contributed by atoms with van der Waals surface area (Å²) >= 11 is 0. The van der Waals surface area contributed by atoms with Gasteiger partial charge >= 0.3 is 5.97 Å². The van der Waals surface area contributed by atoms with Crippen molar-refractivity contribution in [3.05, 3.63) is 11.9 Å². The molecule has 2 N–H and O–H groups in total. The number of carbonyl (C=O) groups is 1. The number of aromatic nitrogens is 3. The van der Waals surface area contributed by atoms with Gasteiger partial charge in [-0.15, -0.1) is 5.10 Å². The molecule has 0 radical (unpaired) electrons. The van der Waals surface area contributed by atoms with Gasteiger partial charge in [0.25, 0.3) is 0 Å². The number of nitrogens with zero attached hydrogens (tertiary/aromatic N) is 3. The van der Waals surface area contributed by atoms with Crippen molar-refractivity contribution in [1.29, 1.82) is 0 Å². The van der Waals surface area contributed by atoms with Crippen LogP contribution in [0.3, 0.4) is 0 Å². The fourth-order valence-electron chi connectivity index (χ4n) is 0.718. The lowest BCUT2D eigenvalue weighted by Gasteiger charge is -2.00. The van der Waals surface area contributed by atoms with Crippen molar-refractivity contribution < 1.29 is 9.90 Å². The molecule has 0 fully saturated rings. The summed E-state index contributed by atoms with van der Waals surface area (Å²) in [5.41, 5.74) is -0.103. The maximum Gasteiger partial charge on any atom is 0.356 e. The summed E-state index contributed by atoms with van der Waals surface area (Å²) in [5, 5.41) is 18.5. The zero-order chi connectivity index (χ0) is 9.68. The molecule has 1 aromatic rings. The van der Waals surface area contributed by atoms with Crippen LogP contribution in [0, 0.1) is 0 Å². The highest BCUT2D eigenvalue weighted by Gasteiger charge is 2.06. The second-order valence-corrected chi connectivity index (χ2v) is 2.40. The predicted molar refractivity (Wildman–Crippen MR) is 45.6 cm³/mol. The molecule has 0 aliphatic rings. The van der Waals surface area contributed by atoms with E-state index in [1.807, 2.05) is 6.92 Å². The first kappa shape index (κ1) is 9.37. The second-order valence-electron chi connectivity index (χ2n) is 2.40. The lowest BCUT2D eigenvalue weighted by atomic mass is 10.5. The van der Waals surface area contributed by atoms with E-state index in [0.717, 1.165) is 12.6 Å². The number of carboxylic acid groups (broad SMARTS) is 1. The molecule has 1 rings (SSSR count). The molecule has 0 saturated carbocycles. The van der Waals surface area contributed by atoms with Gasteiger partial charge in [0.2, 0.25) is 5.95 Å². The van der Waals surface area contributed by atoms with E-state index in [1.54, 1.807) is 0 Å². The van der Waals surface area contributed by atoms with Crippen LogP contribution in [0.15, 0.2) is 6.20 Å². The van der Waals surface area contributed by atoms with Crippen LogP contribution in [0.25, 0.3) is 0 Å². The van der Waals surface area contributed by atoms with Crippen LogP contribution in [0.5, 0.6) is 0 Å². The summed E-state index contributed by atoms with van der Waals surface area (Å²) in [6, 6.07) is 0. The molecule has 0 bridgehead atoms. The molecule has 0 aliphatic heterocycles. The Morgan fingerprint density at radius 1 is 1.69 bits per heavy atom. The van der Waals surface area contributed by atoms with Gasteiger partial charge in [-0.25, -0.2) is 9.78 Å². The Labute approximate surface area is 75.0 Å².